The molecule has 36 heavy (non-hydrogen) atoms. The molecule has 0 radical (unpaired) electrons. The van der Waals surface area contributed by atoms with Crippen LogP contribution in [0.4, 0.5) is 16.2 Å². The third-order valence-corrected chi connectivity index (χ3v) is 6.44. The molecule has 188 valence electrons. The second-order valence-corrected chi connectivity index (χ2v) is 8.74. The van der Waals surface area contributed by atoms with E-state index < -0.39 is 6.09 Å². The van der Waals surface area contributed by atoms with Crippen LogP contribution in [0.3, 0.4) is 0 Å². The summed E-state index contributed by atoms with van der Waals surface area (Å²) in [5, 5.41) is 9.08. The monoisotopic (exact) mass is 508 g/mol. The van der Waals surface area contributed by atoms with Crippen molar-refractivity contribution in [2.75, 3.05) is 30.3 Å². The molecule has 0 spiro atoms. The number of aromatic nitrogens is 1. The van der Waals surface area contributed by atoms with Crippen molar-refractivity contribution in [3.05, 3.63) is 83.7 Å². The van der Waals surface area contributed by atoms with E-state index in [2.05, 4.69) is 20.9 Å². The molecule has 3 heterocycles. The molecule has 2 aliphatic rings. The number of rotatable bonds is 6. The van der Waals surface area contributed by atoms with Crippen LogP contribution in [-0.2, 0) is 11.2 Å². The molecule has 9 heteroatoms. The number of amides is 2. The zero-order chi connectivity index (χ0) is 24.0. The highest BCUT2D eigenvalue weighted by atomic mass is 35.5. The molecule has 5 rings (SSSR count). The number of nitrogens with zero attached hydrogens (tertiary/aromatic N) is 1. The van der Waals surface area contributed by atoms with Gasteiger partial charge in [0.2, 0.25) is 0 Å². The van der Waals surface area contributed by atoms with E-state index in [1.54, 1.807) is 42.7 Å². The molecule has 2 aliphatic heterocycles. The number of anilines is 2. The zero-order valence-electron chi connectivity index (χ0n) is 19.7. The highest BCUT2D eigenvalue weighted by Gasteiger charge is 2.28. The van der Waals surface area contributed by atoms with Gasteiger partial charge in [0.1, 0.15) is 11.9 Å². The standard InChI is InChI=1S/C27H28N4O4.ClH/c32-26(21-5-6-24-20(17-21)11-16-34-24)30-22-3-1-2-4-23(22)31-27(33)35-25(18-7-12-28-13-8-18)19-9-14-29-15-10-19;/h1-8,12-13,17,19,25,29H,9-11,14-16H2,(H,30,32)(H,31,33);1H. The van der Waals surface area contributed by atoms with Gasteiger partial charge in [-0.15, -0.1) is 12.4 Å². The molecular weight excluding hydrogens is 480 g/mol. The van der Waals surface area contributed by atoms with Crippen LogP contribution in [0.2, 0.25) is 0 Å². The summed E-state index contributed by atoms with van der Waals surface area (Å²) >= 11 is 0. The number of fused-ring (bicyclic) bond motifs is 1. The number of nitrogens with one attached hydrogen (secondary N) is 3. The predicted molar refractivity (Wildman–Crippen MR) is 140 cm³/mol. The Hall–Kier alpha value is -3.62. The average molecular weight is 509 g/mol. The van der Waals surface area contributed by atoms with Crippen LogP contribution in [0, 0.1) is 5.92 Å². The first kappa shape index (κ1) is 25.5. The van der Waals surface area contributed by atoms with E-state index in [4.69, 9.17) is 9.47 Å². The van der Waals surface area contributed by atoms with Crippen molar-refractivity contribution in [3.63, 3.8) is 0 Å². The fourth-order valence-corrected chi connectivity index (χ4v) is 4.61. The Morgan fingerprint density at radius 1 is 1.00 bits per heavy atom. The number of carbonyl (C=O) groups is 2. The van der Waals surface area contributed by atoms with Crippen molar-refractivity contribution in [1.82, 2.24) is 10.3 Å². The summed E-state index contributed by atoms with van der Waals surface area (Å²) in [6.07, 6.45) is 5.09. The minimum Gasteiger partial charge on any atom is -0.493 e. The molecule has 2 aromatic carbocycles. The number of hydrogen-bond acceptors (Lipinski definition) is 6. The van der Waals surface area contributed by atoms with E-state index in [0.717, 1.165) is 49.2 Å². The Bertz CT molecular complexity index is 1200. The van der Waals surface area contributed by atoms with Crippen molar-refractivity contribution >= 4 is 35.8 Å². The predicted octanol–water partition coefficient (Wildman–Crippen LogP) is 4.98. The Labute approximate surface area is 216 Å². The van der Waals surface area contributed by atoms with Gasteiger partial charge in [-0.1, -0.05) is 12.1 Å². The van der Waals surface area contributed by atoms with Crippen LogP contribution in [0.15, 0.2) is 67.0 Å². The van der Waals surface area contributed by atoms with E-state index in [1.807, 2.05) is 24.3 Å². The quantitative estimate of drug-likeness (QED) is 0.434. The molecule has 1 unspecified atom stereocenters. The molecule has 1 fully saturated rings. The number of benzene rings is 2. The van der Waals surface area contributed by atoms with Crippen LogP contribution in [-0.4, -0.2) is 36.7 Å². The number of carbonyl (C=O) groups excluding carboxylic acids is 2. The molecule has 3 aromatic rings. The van der Waals surface area contributed by atoms with Crippen LogP contribution < -0.4 is 20.7 Å². The van der Waals surface area contributed by atoms with Gasteiger partial charge in [-0.3, -0.25) is 15.1 Å². The largest absolute Gasteiger partial charge is 0.493 e. The molecule has 0 bridgehead atoms. The first-order chi connectivity index (χ1) is 17.2. The summed E-state index contributed by atoms with van der Waals surface area (Å²) in [6, 6.07) is 16.3. The minimum absolute atomic E-state index is 0. The zero-order valence-corrected chi connectivity index (χ0v) is 20.6. The molecule has 1 atom stereocenters. The van der Waals surface area contributed by atoms with Gasteiger partial charge < -0.3 is 20.1 Å². The van der Waals surface area contributed by atoms with Crippen LogP contribution in [0.5, 0.6) is 5.75 Å². The molecule has 8 nitrogen and oxygen atoms in total. The van der Waals surface area contributed by atoms with Crippen molar-refractivity contribution in [2.45, 2.75) is 25.4 Å². The number of halogens is 1. The number of piperidine rings is 1. The van der Waals surface area contributed by atoms with E-state index in [9.17, 15) is 9.59 Å². The van der Waals surface area contributed by atoms with E-state index in [-0.39, 0.29) is 30.3 Å². The van der Waals surface area contributed by atoms with Crippen molar-refractivity contribution in [1.29, 1.82) is 0 Å². The number of hydrogen-bond donors (Lipinski definition) is 3. The van der Waals surface area contributed by atoms with Crippen LogP contribution in [0.25, 0.3) is 0 Å². The third-order valence-electron chi connectivity index (χ3n) is 6.44. The third kappa shape index (κ3) is 5.95. The molecule has 1 aromatic heterocycles. The lowest BCUT2D eigenvalue weighted by Gasteiger charge is -2.30. The van der Waals surface area contributed by atoms with Crippen molar-refractivity contribution in [2.24, 2.45) is 5.92 Å². The van der Waals surface area contributed by atoms with Gasteiger partial charge >= 0.3 is 6.09 Å². The van der Waals surface area contributed by atoms with Crippen LogP contribution >= 0.6 is 12.4 Å². The Morgan fingerprint density at radius 2 is 1.72 bits per heavy atom. The number of ether oxygens (including phenoxy) is 2. The molecule has 1 saturated heterocycles. The SMILES string of the molecule is Cl.O=C(Nc1ccccc1NC(=O)c1ccc2c(c1)CCO2)OC(c1ccncc1)C1CCNCC1. The lowest BCUT2D eigenvalue weighted by atomic mass is 9.88. The van der Waals surface area contributed by atoms with E-state index >= 15 is 0 Å². The fourth-order valence-electron chi connectivity index (χ4n) is 4.61. The van der Waals surface area contributed by atoms with Gasteiger partial charge in [-0.2, -0.15) is 0 Å². The second-order valence-electron chi connectivity index (χ2n) is 8.74. The Morgan fingerprint density at radius 3 is 2.47 bits per heavy atom. The average Bonchev–Trinajstić information content (AvgIpc) is 3.37. The number of pyridine rings is 1. The molecular formula is C27H29ClN4O4. The summed E-state index contributed by atoms with van der Waals surface area (Å²) in [7, 11) is 0. The Balaban J connectivity index is 0.00000304. The van der Waals surface area contributed by atoms with Gasteiger partial charge in [0.05, 0.1) is 18.0 Å². The summed E-state index contributed by atoms with van der Waals surface area (Å²) in [6.45, 7) is 2.41. The van der Waals surface area contributed by atoms with Crippen molar-refractivity contribution in [3.8, 4) is 5.75 Å². The van der Waals surface area contributed by atoms with Gasteiger partial charge in [-0.25, -0.2) is 4.79 Å². The molecule has 3 N–H and O–H groups in total. The maximum atomic E-state index is 13.0. The summed E-state index contributed by atoms with van der Waals surface area (Å²) in [5.41, 5.74) is 3.44. The first-order valence-electron chi connectivity index (χ1n) is 11.9. The maximum Gasteiger partial charge on any atom is 0.412 e. The smallest absolute Gasteiger partial charge is 0.412 e. The number of para-hydroxylation sites is 2. The normalized spacial score (nSPS) is 15.6. The second kappa shape index (κ2) is 11.9. The highest BCUT2D eigenvalue weighted by Crippen LogP contribution is 2.33. The van der Waals surface area contributed by atoms with Gasteiger partial charge in [0.15, 0.2) is 0 Å². The minimum atomic E-state index is -0.568. The molecule has 0 aliphatic carbocycles. The lowest BCUT2D eigenvalue weighted by Crippen LogP contribution is -2.33. The first-order valence-corrected chi connectivity index (χ1v) is 11.9. The van der Waals surface area contributed by atoms with E-state index in [0.29, 0.717) is 23.5 Å². The summed E-state index contributed by atoms with van der Waals surface area (Å²) < 4.78 is 11.5. The highest BCUT2D eigenvalue weighted by molar-refractivity contribution is 6.07. The topological polar surface area (TPSA) is 102 Å². The van der Waals surface area contributed by atoms with E-state index in [1.165, 1.54) is 0 Å². The summed E-state index contributed by atoms with van der Waals surface area (Å²) in [5.74, 6) is 0.777. The van der Waals surface area contributed by atoms with Gasteiger partial charge in [-0.05, 0) is 79.5 Å². The maximum absolute atomic E-state index is 13.0. The molecule has 2 amide bonds. The molecule has 0 saturated carbocycles. The lowest BCUT2D eigenvalue weighted by molar-refractivity contribution is 0.0591. The van der Waals surface area contributed by atoms with Gasteiger partial charge in [0, 0.05) is 30.3 Å². The van der Waals surface area contributed by atoms with Gasteiger partial charge in [0.25, 0.3) is 5.91 Å². The summed E-state index contributed by atoms with van der Waals surface area (Å²) in [4.78, 5) is 30.0. The van der Waals surface area contributed by atoms with Crippen molar-refractivity contribution < 1.29 is 19.1 Å². The Kier molecular flexibility index (Phi) is 8.40. The fraction of sp³-hybridized carbons (Fsp3) is 0.296. The van der Waals surface area contributed by atoms with Crippen LogP contribution in [0.1, 0.15) is 40.4 Å².